The number of nitrogens with one attached hydrogen (secondary N) is 1. The van der Waals surface area contributed by atoms with Gasteiger partial charge in [-0.25, -0.2) is 8.78 Å². The molecular formula is C20H16F2N4OS. The third kappa shape index (κ3) is 3.59. The molecule has 0 saturated carbocycles. The number of fused-ring (bicyclic) bond motifs is 1. The molecule has 0 radical (unpaired) electrons. The molecule has 8 heteroatoms. The van der Waals surface area contributed by atoms with Crippen LogP contribution in [0.5, 0.6) is 0 Å². The average molecular weight is 398 g/mol. The van der Waals surface area contributed by atoms with E-state index in [2.05, 4.69) is 10.3 Å². The van der Waals surface area contributed by atoms with Crippen molar-refractivity contribution in [1.82, 2.24) is 0 Å². The predicted octanol–water partition coefficient (Wildman–Crippen LogP) is 2.33. The van der Waals surface area contributed by atoms with Crippen LogP contribution in [-0.4, -0.2) is 12.6 Å². The molecule has 0 spiro atoms. The fraction of sp³-hybridized carbons (Fsp3) is 0.100. The quantitative estimate of drug-likeness (QED) is 0.709. The molecule has 3 N–H and O–H groups in total. The normalized spacial score (nSPS) is 13.1. The minimum Gasteiger partial charge on any atom is -0.384 e. The topological polar surface area (TPSA) is 70.7 Å². The highest BCUT2D eigenvalue weighted by Crippen LogP contribution is 2.21. The van der Waals surface area contributed by atoms with E-state index in [1.807, 2.05) is 28.5 Å². The Morgan fingerprint density at radius 2 is 1.96 bits per heavy atom. The first-order valence-corrected chi connectivity index (χ1v) is 9.38. The Bertz CT molecular complexity index is 1160. The van der Waals surface area contributed by atoms with Gasteiger partial charge in [-0.1, -0.05) is 0 Å². The third-order valence-electron chi connectivity index (χ3n) is 4.39. The molecule has 1 aromatic heterocycles. The van der Waals surface area contributed by atoms with Crippen LogP contribution in [0.2, 0.25) is 0 Å². The maximum atomic E-state index is 13.7. The molecule has 2 aromatic carbocycles. The second-order valence-electron chi connectivity index (χ2n) is 6.26. The predicted molar refractivity (Wildman–Crippen MR) is 105 cm³/mol. The van der Waals surface area contributed by atoms with E-state index in [9.17, 15) is 13.6 Å². The van der Waals surface area contributed by atoms with E-state index in [4.69, 9.17) is 5.73 Å². The summed E-state index contributed by atoms with van der Waals surface area (Å²) in [4.78, 5) is 18.5. The van der Waals surface area contributed by atoms with Crippen LogP contribution in [0.1, 0.15) is 5.56 Å². The van der Waals surface area contributed by atoms with Gasteiger partial charge in [-0.3, -0.25) is 9.79 Å². The highest BCUT2D eigenvalue weighted by Gasteiger charge is 2.15. The van der Waals surface area contributed by atoms with Crippen molar-refractivity contribution in [1.29, 1.82) is 0 Å². The molecule has 0 bridgehead atoms. The summed E-state index contributed by atoms with van der Waals surface area (Å²) >= 11 is 1.55. The number of nitrogens with two attached hydrogens (primary N) is 1. The Balaban J connectivity index is 1.47. The zero-order chi connectivity index (χ0) is 19.7. The van der Waals surface area contributed by atoms with Crippen LogP contribution in [0.3, 0.4) is 0 Å². The van der Waals surface area contributed by atoms with Crippen molar-refractivity contribution in [2.75, 3.05) is 16.9 Å². The molecule has 0 aliphatic carbocycles. The van der Waals surface area contributed by atoms with Gasteiger partial charge in [0.2, 0.25) is 5.91 Å². The summed E-state index contributed by atoms with van der Waals surface area (Å²) in [6.45, 7) is 0.421. The number of benzene rings is 2. The van der Waals surface area contributed by atoms with E-state index >= 15 is 0 Å². The molecule has 2 heterocycles. The van der Waals surface area contributed by atoms with E-state index in [1.54, 1.807) is 23.5 Å². The molecule has 0 atom stereocenters. The van der Waals surface area contributed by atoms with Crippen LogP contribution in [-0.2, 0) is 11.2 Å². The Morgan fingerprint density at radius 1 is 1.18 bits per heavy atom. The van der Waals surface area contributed by atoms with Crippen molar-refractivity contribution in [3.63, 3.8) is 0 Å². The Labute approximate surface area is 163 Å². The van der Waals surface area contributed by atoms with Gasteiger partial charge in [0, 0.05) is 16.9 Å². The lowest BCUT2D eigenvalue weighted by Gasteiger charge is -2.24. The minimum absolute atomic E-state index is 0.0120. The molecule has 0 saturated heterocycles. The Morgan fingerprint density at radius 3 is 2.75 bits per heavy atom. The standard InChI is InChI=1S/C20H16F2N4OS/c21-13-1-6-17(22)12(9-13)10-18(27)25-14-2-4-15(5-3-14)26-11-24-20-16(19(26)23)7-8-28-20/h1-9H,10-11,23H2,(H,25,27). The number of amides is 1. The van der Waals surface area contributed by atoms with Gasteiger partial charge in [0.15, 0.2) is 0 Å². The number of carbonyl (C=O) groups is 1. The van der Waals surface area contributed by atoms with Crippen molar-refractivity contribution >= 4 is 34.4 Å². The van der Waals surface area contributed by atoms with Gasteiger partial charge in [-0.2, -0.15) is 0 Å². The number of anilines is 2. The first kappa shape index (κ1) is 18.1. The van der Waals surface area contributed by atoms with E-state index in [1.165, 1.54) is 0 Å². The van der Waals surface area contributed by atoms with Crippen LogP contribution in [0, 0.1) is 11.6 Å². The average Bonchev–Trinajstić information content (AvgIpc) is 3.16. The summed E-state index contributed by atoms with van der Waals surface area (Å²) in [5.41, 5.74) is 7.65. The summed E-state index contributed by atoms with van der Waals surface area (Å²) in [5, 5.41) is 5.54. The molecule has 1 aliphatic heterocycles. The fourth-order valence-corrected chi connectivity index (χ4v) is 3.74. The molecule has 3 aromatic rings. The van der Waals surface area contributed by atoms with Gasteiger partial charge in [0.1, 0.15) is 28.8 Å². The van der Waals surface area contributed by atoms with Crippen molar-refractivity contribution in [3.8, 4) is 0 Å². The fourth-order valence-electron chi connectivity index (χ4n) is 2.98. The smallest absolute Gasteiger partial charge is 0.228 e. The van der Waals surface area contributed by atoms with Crippen molar-refractivity contribution in [2.24, 2.45) is 10.7 Å². The zero-order valence-corrected chi connectivity index (χ0v) is 15.5. The minimum atomic E-state index is -0.612. The molecule has 4 rings (SSSR count). The second-order valence-corrected chi connectivity index (χ2v) is 7.15. The summed E-state index contributed by atoms with van der Waals surface area (Å²) in [5.74, 6) is -0.994. The molecular weight excluding hydrogens is 382 g/mol. The van der Waals surface area contributed by atoms with Crippen molar-refractivity contribution < 1.29 is 13.6 Å². The highest BCUT2D eigenvalue weighted by molar-refractivity contribution is 7.07. The number of hydrogen-bond acceptors (Lipinski definition) is 5. The second kappa shape index (κ2) is 7.40. The summed E-state index contributed by atoms with van der Waals surface area (Å²) in [6.07, 6.45) is -0.252. The maximum Gasteiger partial charge on any atom is 0.228 e. The molecule has 5 nitrogen and oxygen atoms in total. The van der Waals surface area contributed by atoms with Crippen LogP contribution < -0.4 is 25.8 Å². The van der Waals surface area contributed by atoms with Gasteiger partial charge in [0.25, 0.3) is 0 Å². The van der Waals surface area contributed by atoms with Crippen LogP contribution in [0.15, 0.2) is 58.9 Å². The summed E-state index contributed by atoms with van der Waals surface area (Å²) in [6, 6.07) is 12.1. The number of rotatable bonds is 4. The van der Waals surface area contributed by atoms with E-state index in [-0.39, 0.29) is 12.0 Å². The summed E-state index contributed by atoms with van der Waals surface area (Å²) in [7, 11) is 0. The number of hydrogen-bond donors (Lipinski definition) is 2. The van der Waals surface area contributed by atoms with E-state index in [0.29, 0.717) is 18.2 Å². The van der Waals surface area contributed by atoms with Crippen LogP contribution >= 0.6 is 11.3 Å². The maximum absolute atomic E-state index is 13.7. The molecule has 142 valence electrons. The lowest BCUT2D eigenvalue weighted by atomic mass is 10.1. The van der Waals surface area contributed by atoms with Gasteiger partial charge in [-0.15, -0.1) is 11.3 Å². The number of halogens is 2. The van der Waals surface area contributed by atoms with Crippen molar-refractivity contribution in [2.45, 2.75) is 6.42 Å². The largest absolute Gasteiger partial charge is 0.384 e. The van der Waals surface area contributed by atoms with Crippen molar-refractivity contribution in [3.05, 3.63) is 81.0 Å². The number of nitrogens with zero attached hydrogens (tertiary/aromatic N) is 2. The third-order valence-corrected chi connectivity index (χ3v) is 5.23. The number of thiophene rings is 1. The van der Waals surface area contributed by atoms with Gasteiger partial charge < -0.3 is 16.0 Å². The van der Waals surface area contributed by atoms with Gasteiger partial charge >= 0.3 is 0 Å². The van der Waals surface area contributed by atoms with Crippen LogP contribution in [0.4, 0.5) is 20.2 Å². The first-order chi connectivity index (χ1) is 13.5. The Kier molecular flexibility index (Phi) is 4.79. The van der Waals surface area contributed by atoms with Gasteiger partial charge in [-0.05, 0) is 53.9 Å². The SMILES string of the molecule is NC1=c2ccsc2=NCN1c1ccc(NC(=O)Cc2cc(F)ccc2F)cc1. The number of carbonyl (C=O) groups excluding carboxylic acids is 1. The molecule has 1 amide bonds. The first-order valence-electron chi connectivity index (χ1n) is 8.50. The molecule has 0 unspecified atom stereocenters. The highest BCUT2D eigenvalue weighted by atomic mass is 32.1. The summed E-state index contributed by atoms with van der Waals surface area (Å²) < 4.78 is 27.8. The lowest BCUT2D eigenvalue weighted by Crippen LogP contribution is -2.41. The van der Waals surface area contributed by atoms with Gasteiger partial charge in [0.05, 0.1) is 11.6 Å². The van der Waals surface area contributed by atoms with Crippen LogP contribution in [0.25, 0.3) is 5.82 Å². The Hall–Kier alpha value is -3.26. The zero-order valence-electron chi connectivity index (χ0n) is 14.7. The molecule has 28 heavy (non-hydrogen) atoms. The lowest BCUT2D eigenvalue weighted by molar-refractivity contribution is -0.115. The molecule has 1 aliphatic rings. The van der Waals surface area contributed by atoms with E-state index < -0.39 is 17.5 Å². The van der Waals surface area contributed by atoms with E-state index in [0.717, 1.165) is 33.8 Å². The monoisotopic (exact) mass is 398 g/mol. The molecule has 0 fully saturated rings.